The quantitative estimate of drug-likeness (QED) is 0.404. The molecule has 0 amide bonds. The molecule has 0 spiro atoms. The van der Waals surface area contributed by atoms with Gasteiger partial charge in [0, 0.05) is 0 Å². The molecule has 1 heterocycles. The number of epoxide rings is 1. The molecule has 0 saturated carbocycles. The van der Waals surface area contributed by atoms with E-state index in [4.69, 9.17) is 38.0 Å². The highest BCUT2D eigenvalue weighted by Gasteiger charge is 2.37. The standard InChI is InChI=1S/C5H9Cl3OSi/c1-4(10(6,7)8)2-5-3-9-5/h4-5H,2-3H2,1H3. The number of hydrogen-bond donors (Lipinski definition) is 0. The van der Waals surface area contributed by atoms with Gasteiger partial charge in [-0.2, -0.15) is 0 Å². The van der Waals surface area contributed by atoms with Crippen LogP contribution in [0.1, 0.15) is 13.3 Å². The van der Waals surface area contributed by atoms with E-state index in [1.807, 2.05) is 6.92 Å². The molecule has 1 saturated heterocycles. The summed E-state index contributed by atoms with van der Waals surface area (Å²) in [5.74, 6) is 0. The molecule has 0 aromatic rings. The zero-order valence-electron chi connectivity index (χ0n) is 5.61. The Kier molecular flexibility index (Phi) is 2.92. The van der Waals surface area contributed by atoms with Crippen molar-refractivity contribution in [1.82, 2.24) is 0 Å². The molecule has 2 unspecified atom stereocenters. The van der Waals surface area contributed by atoms with Crippen molar-refractivity contribution in [2.45, 2.75) is 25.0 Å². The van der Waals surface area contributed by atoms with Gasteiger partial charge in [-0.15, -0.1) is 33.2 Å². The largest absolute Gasteiger partial charge is 0.373 e. The van der Waals surface area contributed by atoms with Gasteiger partial charge >= 0.3 is 6.00 Å². The van der Waals surface area contributed by atoms with Crippen LogP contribution in [0, 0.1) is 0 Å². The molecule has 0 bridgehead atoms. The van der Waals surface area contributed by atoms with Gasteiger partial charge in [0.2, 0.25) is 0 Å². The van der Waals surface area contributed by atoms with Crippen LogP contribution in [0.4, 0.5) is 0 Å². The monoisotopic (exact) mass is 218 g/mol. The third kappa shape index (κ3) is 2.97. The average Bonchev–Trinajstić information content (AvgIpc) is 2.47. The molecule has 1 aliphatic rings. The third-order valence-corrected chi connectivity index (χ3v) is 6.28. The first-order valence-corrected chi connectivity index (χ1v) is 8.30. The molecular weight excluding hydrogens is 210 g/mol. The van der Waals surface area contributed by atoms with Crippen molar-refractivity contribution in [2.24, 2.45) is 0 Å². The maximum atomic E-state index is 5.77. The van der Waals surface area contributed by atoms with Crippen LogP contribution in [-0.2, 0) is 4.74 Å². The molecule has 1 fully saturated rings. The molecule has 1 aliphatic heterocycles. The van der Waals surface area contributed by atoms with E-state index in [0.29, 0.717) is 6.10 Å². The van der Waals surface area contributed by atoms with Crippen LogP contribution in [0.15, 0.2) is 0 Å². The van der Waals surface area contributed by atoms with Crippen molar-refractivity contribution in [1.29, 1.82) is 0 Å². The Hall–Kier alpha value is 1.05. The third-order valence-electron chi connectivity index (χ3n) is 1.58. The minimum Gasteiger partial charge on any atom is -0.373 e. The van der Waals surface area contributed by atoms with E-state index in [-0.39, 0.29) is 5.54 Å². The summed E-state index contributed by atoms with van der Waals surface area (Å²) < 4.78 is 5.02. The zero-order valence-corrected chi connectivity index (χ0v) is 8.88. The van der Waals surface area contributed by atoms with Crippen molar-refractivity contribution in [3.63, 3.8) is 0 Å². The van der Waals surface area contributed by atoms with Gasteiger partial charge in [0.25, 0.3) is 0 Å². The van der Waals surface area contributed by atoms with Crippen molar-refractivity contribution >= 4 is 39.2 Å². The Balaban J connectivity index is 2.25. The summed E-state index contributed by atoms with van der Waals surface area (Å²) in [6.07, 6.45) is 1.28. The van der Waals surface area contributed by atoms with E-state index in [0.717, 1.165) is 13.0 Å². The minimum absolute atomic E-state index is 0.213. The molecule has 1 nitrogen and oxygen atoms in total. The summed E-state index contributed by atoms with van der Waals surface area (Å²) in [4.78, 5) is 0. The smallest absolute Gasteiger partial charge is 0.344 e. The minimum atomic E-state index is -2.45. The fourth-order valence-electron chi connectivity index (χ4n) is 0.732. The van der Waals surface area contributed by atoms with Crippen LogP contribution in [0.2, 0.25) is 5.54 Å². The first-order valence-electron chi connectivity index (χ1n) is 3.18. The molecule has 2 atom stereocenters. The van der Waals surface area contributed by atoms with Crippen LogP contribution in [0.3, 0.4) is 0 Å². The second-order valence-electron chi connectivity index (χ2n) is 2.63. The summed E-state index contributed by atoms with van der Waals surface area (Å²) in [7, 11) is 0. The van der Waals surface area contributed by atoms with Gasteiger partial charge in [0.1, 0.15) is 0 Å². The highest BCUT2D eigenvalue weighted by Crippen LogP contribution is 2.38. The molecular formula is C5H9Cl3OSi. The maximum Gasteiger partial charge on any atom is 0.344 e. The number of rotatable bonds is 3. The van der Waals surface area contributed by atoms with Crippen molar-refractivity contribution in [3.05, 3.63) is 0 Å². The lowest BCUT2D eigenvalue weighted by molar-refractivity contribution is 0.394. The van der Waals surface area contributed by atoms with Gasteiger partial charge in [-0.1, -0.05) is 6.92 Å². The normalized spacial score (nSPS) is 28.2. The van der Waals surface area contributed by atoms with Gasteiger partial charge in [0.05, 0.1) is 12.7 Å². The molecule has 60 valence electrons. The predicted molar refractivity (Wildman–Crippen MR) is 47.1 cm³/mol. The van der Waals surface area contributed by atoms with Gasteiger partial charge in [-0.25, -0.2) is 0 Å². The number of ether oxygens (including phenoxy) is 1. The first-order chi connectivity index (χ1) is 4.50. The second kappa shape index (κ2) is 3.19. The molecule has 1 rings (SSSR count). The molecule has 0 aromatic carbocycles. The van der Waals surface area contributed by atoms with Gasteiger partial charge in [-0.3, -0.25) is 0 Å². The Morgan fingerprint density at radius 2 is 2.10 bits per heavy atom. The highest BCUT2D eigenvalue weighted by molar-refractivity contribution is 7.65. The van der Waals surface area contributed by atoms with Crippen molar-refractivity contribution in [3.8, 4) is 0 Å². The molecule has 5 heteroatoms. The Morgan fingerprint density at radius 3 is 2.40 bits per heavy atom. The Labute approximate surface area is 75.7 Å². The molecule has 0 N–H and O–H groups in total. The van der Waals surface area contributed by atoms with Crippen LogP contribution < -0.4 is 0 Å². The number of hydrogen-bond acceptors (Lipinski definition) is 1. The molecule has 0 radical (unpaired) electrons. The van der Waals surface area contributed by atoms with E-state index in [1.165, 1.54) is 0 Å². The van der Waals surface area contributed by atoms with Crippen LogP contribution in [0.5, 0.6) is 0 Å². The van der Waals surface area contributed by atoms with E-state index in [2.05, 4.69) is 0 Å². The molecule has 0 aromatic heterocycles. The van der Waals surface area contributed by atoms with E-state index < -0.39 is 6.00 Å². The zero-order chi connectivity index (χ0) is 7.78. The maximum absolute atomic E-state index is 5.77. The number of halogens is 3. The second-order valence-corrected chi connectivity index (χ2v) is 11.8. The van der Waals surface area contributed by atoms with E-state index >= 15 is 0 Å². The topological polar surface area (TPSA) is 12.5 Å². The highest BCUT2D eigenvalue weighted by atomic mass is 35.8. The molecule has 0 aliphatic carbocycles. The summed E-state index contributed by atoms with van der Waals surface area (Å²) in [6.45, 7) is 2.82. The summed E-state index contributed by atoms with van der Waals surface area (Å²) >= 11 is 17.3. The van der Waals surface area contributed by atoms with Crippen LogP contribution in [-0.4, -0.2) is 18.7 Å². The summed E-state index contributed by atoms with van der Waals surface area (Å²) in [5, 5.41) is 0. The predicted octanol–water partition coefficient (Wildman–Crippen LogP) is 2.82. The summed E-state index contributed by atoms with van der Waals surface area (Å²) in [6, 6.07) is -2.45. The first kappa shape index (κ1) is 9.14. The van der Waals surface area contributed by atoms with Gasteiger partial charge in [0.15, 0.2) is 0 Å². The fourth-order valence-corrected chi connectivity index (χ4v) is 2.06. The lowest BCUT2D eigenvalue weighted by Crippen LogP contribution is -2.18. The Bertz CT molecular complexity index is 121. The van der Waals surface area contributed by atoms with Crippen molar-refractivity contribution in [2.75, 3.05) is 6.61 Å². The van der Waals surface area contributed by atoms with Crippen molar-refractivity contribution < 1.29 is 4.74 Å². The average molecular weight is 220 g/mol. The van der Waals surface area contributed by atoms with E-state index in [9.17, 15) is 0 Å². The van der Waals surface area contributed by atoms with Gasteiger partial charge in [-0.05, 0) is 12.0 Å². The molecule has 10 heavy (non-hydrogen) atoms. The van der Waals surface area contributed by atoms with Gasteiger partial charge < -0.3 is 4.74 Å². The fraction of sp³-hybridized carbons (Fsp3) is 1.00. The Morgan fingerprint density at radius 1 is 1.60 bits per heavy atom. The lowest BCUT2D eigenvalue weighted by Gasteiger charge is -2.15. The van der Waals surface area contributed by atoms with Crippen LogP contribution >= 0.6 is 33.2 Å². The SMILES string of the molecule is CC(CC1CO1)[Si](Cl)(Cl)Cl. The summed E-state index contributed by atoms with van der Waals surface area (Å²) in [5.41, 5.74) is 0.213. The van der Waals surface area contributed by atoms with Crippen LogP contribution in [0.25, 0.3) is 0 Å². The lowest BCUT2D eigenvalue weighted by atomic mass is 10.3. The van der Waals surface area contributed by atoms with E-state index in [1.54, 1.807) is 0 Å².